The molecule has 0 fully saturated rings. The van der Waals surface area contributed by atoms with Crippen molar-refractivity contribution >= 4 is 38.6 Å². The molecule has 0 radical (unpaired) electrons. The summed E-state index contributed by atoms with van der Waals surface area (Å²) in [7, 11) is -3.60. The number of rotatable bonds is 9. The fourth-order valence-corrected chi connectivity index (χ4v) is 5.58. The molecule has 1 unspecified atom stereocenters. The third kappa shape index (κ3) is 5.76. The number of thiophene rings is 2. The van der Waals surface area contributed by atoms with Crippen LogP contribution < -0.4 is 10.0 Å². The lowest BCUT2D eigenvalue weighted by Crippen LogP contribution is -2.31. The Kier molecular flexibility index (Phi) is 7.23. The molecule has 29 heavy (non-hydrogen) atoms. The number of carbonyl (C=O) groups excluding carboxylic acids is 1. The quantitative estimate of drug-likeness (QED) is 0.508. The van der Waals surface area contributed by atoms with Crippen molar-refractivity contribution in [3.8, 4) is 0 Å². The summed E-state index contributed by atoms with van der Waals surface area (Å²) >= 11 is 3.21. The standard InChI is InChI=1S/C21H24N2O3S3/c1-15(2)20(19-6-4-14-28-19)23-21(24)16-7-9-18(10-8-16)29(25,26)22-12-11-17-5-3-13-27-17/h3-10,13-15,20,22H,11-12H2,1-2H3,(H,23,24). The van der Waals surface area contributed by atoms with Crippen molar-refractivity contribution in [2.24, 2.45) is 5.92 Å². The zero-order chi connectivity index (χ0) is 20.9. The molecular formula is C21H24N2O3S3. The molecule has 154 valence electrons. The topological polar surface area (TPSA) is 75.3 Å². The van der Waals surface area contributed by atoms with Gasteiger partial charge in [-0.15, -0.1) is 22.7 Å². The lowest BCUT2D eigenvalue weighted by atomic mass is 10.0. The maximum absolute atomic E-state index is 12.6. The Balaban J connectivity index is 1.63. The Morgan fingerprint density at radius 1 is 1.00 bits per heavy atom. The number of hydrogen-bond donors (Lipinski definition) is 2. The monoisotopic (exact) mass is 448 g/mol. The highest BCUT2D eigenvalue weighted by molar-refractivity contribution is 7.89. The van der Waals surface area contributed by atoms with Gasteiger partial charge in [-0.05, 0) is 59.5 Å². The van der Waals surface area contributed by atoms with Crippen LogP contribution in [0.4, 0.5) is 0 Å². The maximum Gasteiger partial charge on any atom is 0.251 e. The Bertz CT molecular complexity index is 1010. The highest BCUT2D eigenvalue weighted by Crippen LogP contribution is 2.26. The molecular weight excluding hydrogens is 424 g/mol. The van der Waals surface area contributed by atoms with Crippen LogP contribution in [0.2, 0.25) is 0 Å². The van der Waals surface area contributed by atoms with Gasteiger partial charge in [0.1, 0.15) is 0 Å². The third-order valence-electron chi connectivity index (χ3n) is 4.47. The van der Waals surface area contributed by atoms with Crippen molar-refractivity contribution in [2.75, 3.05) is 6.54 Å². The van der Waals surface area contributed by atoms with Crippen molar-refractivity contribution in [1.29, 1.82) is 0 Å². The van der Waals surface area contributed by atoms with Crippen LogP contribution in [0.25, 0.3) is 0 Å². The van der Waals surface area contributed by atoms with E-state index in [9.17, 15) is 13.2 Å². The first-order chi connectivity index (χ1) is 13.9. The van der Waals surface area contributed by atoms with Crippen LogP contribution in [0.5, 0.6) is 0 Å². The van der Waals surface area contributed by atoms with E-state index in [1.165, 1.54) is 12.1 Å². The van der Waals surface area contributed by atoms with Crippen molar-refractivity contribution in [3.05, 3.63) is 74.6 Å². The molecule has 5 nitrogen and oxygen atoms in total. The average Bonchev–Trinajstić information content (AvgIpc) is 3.40. The lowest BCUT2D eigenvalue weighted by Gasteiger charge is -2.21. The molecule has 3 rings (SSSR count). The number of nitrogens with one attached hydrogen (secondary N) is 2. The van der Waals surface area contributed by atoms with E-state index in [-0.39, 0.29) is 22.8 Å². The van der Waals surface area contributed by atoms with Crippen LogP contribution in [-0.4, -0.2) is 20.9 Å². The largest absolute Gasteiger partial charge is 0.344 e. The minimum atomic E-state index is -3.60. The number of amides is 1. The molecule has 0 saturated carbocycles. The summed E-state index contributed by atoms with van der Waals surface area (Å²) < 4.78 is 27.5. The second kappa shape index (κ2) is 9.67. The Labute approximate surface area is 179 Å². The van der Waals surface area contributed by atoms with Gasteiger partial charge in [-0.1, -0.05) is 26.0 Å². The Morgan fingerprint density at radius 2 is 1.69 bits per heavy atom. The van der Waals surface area contributed by atoms with E-state index < -0.39 is 10.0 Å². The normalized spacial score (nSPS) is 12.8. The van der Waals surface area contributed by atoms with Crippen molar-refractivity contribution in [3.63, 3.8) is 0 Å². The highest BCUT2D eigenvalue weighted by atomic mass is 32.2. The van der Waals surface area contributed by atoms with Gasteiger partial charge in [-0.3, -0.25) is 4.79 Å². The SMILES string of the molecule is CC(C)C(NC(=O)c1ccc(S(=O)(=O)NCCc2cccs2)cc1)c1cccs1. The van der Waals surface area contributed by atoms with Crippen LogP contribution in [0, 0.1) is 5.92 Å². The molecule has 2 heterocycles. The molecule has 2 N–H and O–H groups in total. The van der Waals surface area contributed by atoms with Crippen LogP contribution in [0.3, 0.4) is 0 Å². The molecule has 0 aliphatic heterocycles. The predicted octanol–water partition coefficient (Wildman–Crippen LogP) is 4.46. The van der Waals surface area contributed by atoms with Crippen LogP contribution in [0.15, 0.2) is 64.2 Å². The van der Waals surface area contributed by atoms with E-state index in [1.807, 2.05) is 35.0 Å². The molecule has 0 aliphatic rings. The summed E-state index contributed by atoms with van der Waals surface area (Å²) in [5.41, 5.74) is 0.435. The molecule has 1 atom stereocenters. The van der Waals surface area contributed by atoms with Gasteiger partial charge in [0.2, 0.25) is 10.0 Å². The second-order valence-corrected chi connectivity index (χ2v) is 10.7. The highest BCUT2D eigenvalue weighted by Gasteiger charge is 2.21. The van der Waals surface area contributed by atoms with Crippen LogP contribution in [-0.2, 0) is 16.4 Å². The van der Waals surface area contributed by atoms with E-state index in [0.29, 0.717) is 18.5 Å². The van der Waals surface area contributed by atoms with Gasteiger partial charge in [0.15, 0.2) is 0 Å². The molecule has 2 aromatic heterocycles. The fourth-order valence-electron chi connectivity index (χ4n) is 2.89. The van der Waals surface area contributed by atoms with Crippen molar-refractivity contribution in [2.45, 2.75) is 31.2 Å². The molecule has 0 saturated heterocycles. The minimum absolute atomic E-state index is 0.0789. The zero-order valence-corrected chi connectivity index (χ0v) is 18.7. The molecule has 3 aromatic rings. The molecule has 0 spiro atoms. The van der Waals surface area contributed by atoms with Crippen molar-refractivity contribution in [1.82, 2.24) is 10.0 Å². The second-order valence-electron chi connectivity index (χ2n) is 6.96. The Morgan fingerprint density at radius 3 is 2.28 bits per heavy atom. The van der Waals surface area contributed by atoms with E-state index in [4.69, 9.17) is 0 Å². The van der Waals surface area contributed by atoms with E-state index in [1.54, 1.807) is 34.8 Å². The maximum atomic E-state index is 12.6. The van der Waals surface area contributed by atoms with Gasteiger partial charge in [0.05, 0.1) is 10.9 Å². The molecule has 1 aromatic carbocycles. The van der Waals surface area contributed by atoms with Gasteiger partial charge < -0.3 is 5.32 Å². The number of benzene rings is 1. The third-order valence-corrected chi connectivity index (χ3v) is 7.84. The summed E-state index contributed by atoms with van der Waals surface area (Å²) in [6, 6.07) is 13.9. The number of carbonyl (C=O) groups is 1. The van der Waals surface area contributed by atoms with Gasteiger partial charge in [-0.2, -0.15) is 0 Å². The molecule has 1 amide bonds. The Hall–Kier alpha value is -2.00. The first kappa shape index (κ1) is 21.7. The van der Waals surface area contributed by atoms with Crippen LogP contribution >= 0.6 is 22.7 Å². The fraction of sp³-hybridized carbons (Fsp3) is 0.286. The summed E-state index contributed by atoms with van der Waals surface area (Å²) in [4.78, 5) is 15.0. The molecule has 0 bridgehead atoms. The summed E-state index contributed by atoms with van der Waals surface area (Å²) in [5, 5.41) is 7.01. The lowest BCUT2D eigenvalue weighted by molar-refractivity contribution is 0.0926. The van der Waals surface area contributed by atoms with Crippen molar-refractivity contribution < 1.29 is 13.2 Å². The first-order valence-electron chi connectivity index (χ1n) is 9.33. The van der Waals surface area contributed by atoms with E-state index in [0.717, 1.165) is 9.75 Å². The van der Waals surface area contributed by atoms with Gasteiger partial charge in [-0.25, -0.2) is 13.1 Å². The number of sulfonamides is 1. The number of hydrogen-bond acceptors (Lipinski definition) is 5. The van der Waals surface area contributed by atoms with Gasteiger partial charge in [0, 0.05) is 21.9 Å². The van der Waals surface area contributed by atoms with E-state index in [2.05, 4.69) is 23.9 Å². The summed E-state index contributed by atoms with van der Waals surface area (Å²) in [6.45, 7) is 4.45. The molecule has 8 heteroatoms. The zero-order valence-electron chi connectivity index (χ0n) is 16.3. The first-order valence-corrected chi connectivity index (χ1v) is 12.6. The van der Waals surface area contributed by atoms with Gasteiger partial charge >= 0.3 is 0 Å². The summed E-state index contributed by atoms with van der Waals surface area (Å²) in [5.74, 6) is 0.0245. The van der Waals surface area contributed by atoms with Gasteiger partial charge in [0.25, 0.3) is 5.91 Å². The average molecular weight is 449 g/mol. The van der Waals surface area contributed by atoms with E-state index >= 15 is 0 Å². The smallest absolute Gasteiger partial charge is 0.251 e. The summed E-state index contributed by atoms with van der Waals surface area (Å²) in [6.07, 6.45) is 0.650. The molecule has 0 aliphatic carbocycles. The predicted molar refractivity (Wildman–Crippen MR) is 119 cm³/mol. The minimum Gasteiger partial charge on any atom is -0.344 e. The van der Waals surface area contributed by atoms with Crippen LogP contribution in [0.1, 0.15) is 40.0 Å².